The van der Waals surface area contributed by atoms with Gasteiger partial charge in [-0.15, -0.1) is 0 Å². The maximum absolute atomic E-state index is 4.23. The monoisotopic (exact) mass is 176 g/mol. The van der Waals surface area contributed by atoms with Gasteiger partial charge in [-0.3, -0.25) is 4.99 Å². The van der Waals surface area contributed by atoms with Crippen LogP contribution in [-0.2, 0) is 0 Å². The summed E-state index contributed by atoms with van der Waals surface area (Å²) in [7, 11) is 1.94. The van der Waals surface area contributed by atoms with Crippen molar-refractivity contribution in [3.63, 3.8) is 0 Å². The highest BCUT2D eigenvalue weighted by atomic mass is 14.8. The van der Waals surface area contributed by atoms with E-state index in [1.54, 1.807) is 0 Å². The van der Waals surface area contributed by atoms with Gasteiger partial charge in [0.15, 0.2) is 0 Å². The highest BCUT2D eigenvalue weighted by Crippen LogP contribution is 2.09. The lowest BCUT2D eigenvalue weighted by molar-refractivity contribution is 1.01. The van der Waals surface area contributed by atoms with Gasteiger partial charge in [0, 0.05) is 31.1 Å². The van der Waals surface area contributed by atoms with Crippen LogP contribution in [0.1, 0.15) is 13.3 Å². The molecule has 0 unspecified atom stereocenters. The zero-order valence-electron chi connectivity index (χ0n) is 8.25. The first-order valence-corrected chi connectivity index (χ1v) is 4.63. The van der Waals surface area contributed by atoms with E-state index in [1.165, 1.54) is 0 Å². The first-order valence-electron chi connectivity index (χ1n) is 4.63. The molecule has 13 heavy (non-hydrogen) atoms. The van der Waals surface area contributed by atoms with Gasteiger partial charge in [-0.1, -0.05) is 24.3 Å². The molecule has 1 aliphatic carbocycles. The van der Waals surface area contributed by atoms with Crippen LogP contribution in [0.4, 0.5) is 0 Å². The summed E-state index contributed by atoms with van der Waals surface area (Å²) >= 11 is 0. The SMILES string of the molecule is CC/N=C\C1=CC=CCC=C1NC. The lowest BCUT2D eigenvalue weighted by atomic mass is 10.2. The minimum Gasteiger partial charge on any atom is -0.388 e. The average molecular weight is 176 g/mol. The van der Waals surface area contributed by atoms with Crippen LogP contribution in [0.3, 0.4) is 0 Å². The van der Waals surface area contributed by atoms with Gasteiger partial charge in [0.05, 0.1) is 0 Å². The van der Waals surface area contributed by atoms with E-state index in [4.69, 9.17) is 0 Å². The minimum absolute atomic E-state index is 0.831. The summed E-state index contributed by atoms with van der Waals surface area (Å²) in [6.45, 7) is 2.87. The van der Waals surface area contributed by atoms with Crippen LogP contribution < -0.4 is 5.32 Å². The summed E-state index contributed by atoms with van der Waals surface area (Å²) in [4.78, 5) is 4.23. The summed E-state index contributed by atoms with van der Waals surface area (Å²) in [6, 6.07) is 0. The van der Waals surface area contributed by atoms with E-state index in [2.05, 4.69) is 34.6 Å². The van der Waals surface area contributed by atoms with Gasteiger partial charge in [-0.05, 0) is 13.3 Å². The normalized spacial score (nSPS) is 16.8. The van der Waals surface area contributed by atoms with Crippen LogP contribution in [0.15, 0.2) is 40.6 Å². The van der Waals surface area contributed by atoms with Crippen molar-refractivity contribution in [1.29, 1.82) is 0 Å². The molecule has 70 valence electrons. The molecular weight excluding hydrogens is 160 g/mol. The first-order chi connectivity index (χ1) is 6.38. The Morgan fingerprint density at radius 1 is 1.62 bits per heavy atom. The smallest absolute Gasteiger partial charge is 0.0389 e. The van der Waals surface area contributed by atoms with Crippen LogP contribution in [-0.4, -0.2) is 19.8 Å². The third-order valence-electron chi connectivity index (χ3n) is 1.86. The predicted octanol–water partition coefficient (Wildman–Crippen LogP) is 2.07. The molecular formula is C11H16N2. The summed E-state index contributed by atoms with van der Waals surface area (Å²) in [5.74, 6) is 0. The van der Waals surface area contributed by atoms with Gasteiger partial charge in [-0.25, -0.2) is 0 Å². The van der Waals surface area contributed by atoms with Crippen LogP contribution in [0.25, 0.3) is 0 Å². The fourth-order valence-electron chi connectivity index (χ4n) is 1.19. The maximum Gasteiger partial charge on any atom is 0.0389 e. The zero-order valence-corrected chi connectivity index (χ0v) is 8.25. The van der Waals surface area contributed by atoms with Crippen LogP contribution >= 0.6 is 0 Å². The van der Waals surface area contributed by atoms with Crippen molar-refractivity contribution in [2.45, 2.75) is 13.3 Å². The number of allylic oxidation sites excluding steroid dienone is 5. The van der Waals surface area contributed by atoms with Crippen molar-refractivity contribution in [2.75, 3.05) is 13.6 Å². The Hall–Kier alpha value is -1.31. The lowest BCUT2D eigenvalue weighted by Crippen LogP contribution is -2.09. The van der Waals surface area contributed by atoms with E-state index in [-0.39, 0.29) is 0 Å². The standard InChI is InChI=1S/C11H16N2/c1-3-13-9-10-7-5-4-6-8-11(10)12-2/h4-5,7-9,12H,3,6H2,1-2H3/b13-9-. The van der Waals surface area contributed by atoms with Crippen molar-refractivity contribution in [3.8, 4) is 0 Å². The van der Waals surface area contributed by atoms with Gasteiger partial charge in [-0.2, -0.15) is 0 Å². The number of nitrogens with zero attached hydrogens (tertiary/aromatic N) is 1. The highest BCUT2D eigenvalue weighted by Gasteiger charge is 2.00. The molecule has 0 amide bonds. The number of likely N-dealkylation sites (N-methyl/N-ethyl adjacent to an activating group) is 1. The molecule has 1 N–H and O–H groups in total. The zero-order chi connectivity index (χ0) is 9.52. The number of aliphatic imine (C=N–C) groups is 1. The third kappa shape index (κ3) is 2.90. The van der Waals surface area contributed by atoms with Crippen LogP contribution in [0, 0.1) is 0 Å². The van der Waals surface area contributed by atoms with Crippen molar-refractivity contribution in [2.24, 2.45) is 4.99 Å². The molecule has 0 spiro atoms. The van der Waals surface area contributed by atoms with E-state index in [0.717, 1.165) is 24.2 Å². The molecule has 1 rings (SSSR count). The van der Waals surface area contributed by atoms with Gasteiger partial charge >= 0.3 is 0 Å². The molecule has 0 bridgehead atoms. The molecule has 0 saturated heterocycles. The summed E-state index contributed by atoms with van der Waals surface area (Å²) in [5.41, 5.74) is 2.31. The first kappa shape index (κ1) is 9.78. The van der Waals surface area contributed by atoms with Crippen molar-refractivity contribution >= 4 is 6.21 Å². The summed E-state index contributed by atoms with van der Waals surface area (Å²) < 4.78 is 0. The molecule has 0 aromatic rings. The quantitative estimate of drug-likeness (QED) is 0.654. The van der Waals surface area contributed by atoms with E-state index >= 15 is 0 Å². The van der Waals surface area contributed by atoms with Gasteiger partial charge < -0.3 is 5.32 Å². The fourth-order valence-corrected chi connectivity index (χ4v) is 1.19. The molecule has 0 heterocycles. The maximum atomic E-state index is 4.23. The average Bonchev–Trinajstić information content (AvgIpc) is 2.39. The van der Waals surface area contributed by atoms with E-state index < -0.39 is 0 Å². The molecule has 0 aromatic carbocycles. The highest BCUT2D eigenvalue weighted by molar-refractivity contribution is 5.85. The van der Waals surface area contributed by atoms with E-state index in [0.29, 0.717) is 0 Å². The molecule has 0 aromatic heterocycles. The second-order valence-electron chi connectivity index (χ2n) is 2.78. The molecule has 0 radical (unpaired) electrons. The Balaban J connectivity index is 2.82. The summed E-state index contributed by atoms with van der Waals surface area (Å²) in [6.07, 6.45) is 11.3. The van der Waals surface area contributed by atoms with Crippen LogP contribution in [0.2, 0.25) is 0 Å². The topological polar surface area (TPSA) is 24.4 Å². The Morgan fingerprint density at radius 2 is 2.46 bits per heavy atom. The third-order valence-corrected chi connectivity index (χ3v) is 1.86. The lowest BCUT2D eigenvalue weighted by Gasteiger charge is -2.05. The molecule has 1 aliphatic rings. The number of hydrogen-bond acceptors (Lipinski definition) is 2. The largest absolute Gasteiger partial charge is 0.388 e. The fraction of sp³-hybridized carbons (Fsp3) is 0.364. The molecule has 2 heteroatoms. The molecule has 0 aliphatic heterocycles. The Morgan fingerprint density at radius 3 is 3.15 bits per heavy atom. The van der Waals surface area contributed by atoms with Gasteiger partial charge in [0.25, 0.3) is 0 Å². The van der Waals surface area contributed by atoms with Crippen molar-refractivity contribution in [1.82, 2.24) is 5.32 Å². The van der Waals surface area contributed by atoms with Gasteiger partial charge in [0.1, 0.15) is 0 Å². The van der Waals surface area contributed by atoms with Gasteiger partial charge in [0.2, 0.25) is 0 Å². The predicted molar refractivity (Wildman–Crippen MR) is 58.0 cm³/mol. The summed E-state index contributed by atoms with van der Waals surface area (Å²) in [5, 5.41) is 3.16. The van der Waals surface area contributed by atoms with E-state index in [1.807, 2.05) is 20.2 Å². The second kappa shape index (κ2) is 5.36. The van der Waals surface area contributed by atoms with Crippen molar-refractivity contribution in [3.05, 3.63) is 35.6 Å². The second-order valence-corrected chi connectivity index (χ2v) is 2.78. The van der Waals surface area contributed by atoms with Crippen molar-refractivity contribution < 1.29 is 0 Å². The number of nitrogens with one attached hydrogen (secondary N) is 1. The minimum atomic E-state index is 0.831. The Kier molecular flexibility index (Phi) is 4.03. The molecule has 0 fully saturated rings. The van der Waals surface area contributed by atoms with Crippen LogP contribution in [0.5, 0.6) is 0 Å². The molecule has 2 nitrogen and oxygen atoms in total. The Bertz CT molecular complexity index is 270. The molecule has 0 saturated carbocycles. The number of hydrogen-bond donors (Lipinski definition) is 1. The Labute approximate surface area is 79.8 Å². The molecule has 0 atom stereocenters. The number of rotatable bonds is 3. The van der Waals surface area contributed by atoms with E-state index in [9.17, 15) is 0 Å².